The van der Waals surface area contributed by atoms with Gasteiger partial charge in [0, 0.05) is 11.8 Å². The van der Waals surface area contributed by atoms with Gasteiger partial charge in [-0.1, -0.05) is 13.0 Å². The quantitative estimate of drug-likeness (QED) is 0.895. The molecule has 20 heavy (non-hydrogen) atoms. The Labute approximate surface area is 117 Å². The first kappa shape index (κ1) is 14.2. The molecule has 0 aliphatic carbocycles. The Balaban J connectivity index is 2.54. The molecule has 1 unspecified atom stereocenters. The standard InChI is InChI=1S/C16H17NO3/c1-3-15(18)12-6-11(7-13(8-12)16(19)20)14-5-4-10(2)9-17-14/h4-9,15,18H,3H2,1-2H3,(H,19,20). The van der Waals surface area contributed by atoms with Gasteiger partial charge >= 0.3 is 5.97 Å². The molecule has 1 aromatic heterocycles. The molecule has 0 aliphatic heterocycles. The van der Waals surface area contributed by atoms with Crippen LogP contribution in [0.3, 0.4) is 0 Å². The zero-order valence-electron chi connectivity index (χ0n) is 11.5. The average Bonchev–Trinajstić information content (AvgIpc) is 2.46. The minimum atomic E-state index is -1.01. The van der Waals surface area contributed by atoms with Crippen molar-refractivity contribution < 1.29 is 15.0 Å². The molecule has 2 rings (SSSR count). The van der Waals surface area contributed by atoms with E-state index in [0.29, 0.717) is 23.2 Å². The number of carbonyl (C=O) groups is 1. The first-order chi connectivity index (χ1) is 9.51. The fraction of sp³-hybridized carbons (Fsp3) is 0.250. The van der Waals surface area contributed by atoms with E-state index < -0.39 is 12.1 Å². The Kier molecular flexibility index (Phi) is 4.15. The number of hydrogen-bond donors (Lipinski definition) is 2. The fourth-order valence-corrected chi connectivity index (χ4v) is 1.99. The monoisotopic (exact) mass is 271 g/mol. The summed E-state index contributed by atoms with van der Waals surface area (Å²) in [6, 6.07) is 8.64. The highest BCUT2D eigenvalue weighted by Gasteiger charge is 2.13. The highest BCUT2D eigenvalue weighted by atomic mass is 16.4. The molecule has 0 radical (unpaired) electrons. The van der Waals surface area contributed by atoms with Crippen molar-refractivity contribution in [2.45, 2.75) is 26.4 Å². The second-order valence-corrected chi connectivity index (χ2v) is 4.79. The van der Waals surface area contributed by atoms with Crippen molar-refractivity contribution in [1.82, 2.24) is 4.98 Å². The van der Waals surface area contributed by atoms with Crippen LogP contribution in [0, 0.1) is 6.92 Å². The van der Waals surface area contributed by atoms with E-state index in [1.807, 2.05) is 26.0 Å². The SMILES string of the molecule is CCC(O)c1cc(C(=O)O)cc(-c2ccc(C)cn2)c1. The molecule has 0 saturated heterocycles. The number of aromatic carboxylic acids is 1. The van der Waals surface area contributed by atoms with Crippen LogP contribution in [0.25, 0.3) is 11.3 Å². The minimum absolute atomic E-state index is 0.160. The predicted molar refractivity (Wildman–Crippen MR) is 76.6 cm³/mol. The Morgan fingerprint density at radius 2 is 2.05 bits per heavy atom. The third kappa shape index (κ3) is 3.03. The Morgan fingerprint density at radius 1 is 1.30 bits per heavy atom. The van der Waals surface area contributed by atoms with E-state index in [1.165, 1.54) is 6.07 Å². The topological polar surface area (TPSA) is 70.4 Å². The second-order valence-electron chi connectivity index (χ2n) is 4.79. The van der Waals surface area contributed by atoms with Crippen molar-refractivity contribution >= 4 is 5.97 Å². The predicted octanol–water partition coefficient (Wildman–Crippen LogP) is 3.20. The van der Waals surface area contributed by atoms with Crippen LogP contribution in [0.5, 0.6) is 0 Å². The smallest absolute Gasteiger partial charge is 0.335 e. The number of rotatable bonds is 4. The third-order valence-corrected chi connectivity index (χ3v) is 3.18. The van der Waals surface area contributed by atoms with Gasteiger partial charge in [0.1, 0.15) is 0 Å². The van der Waals surface area contributed by atoms with Crippen LogP contribution in [0.15, 0.2) is 36.5 Å². The van der Waals surface area contributed by atoms with Crippen LogP contribution in [-0.4, -0.2) is 21.2 Å². The number of hydrogen-bond acceptors (Lipinski definition) is 3. The third-order valence-electron chi connectivity index (χ3n) is 3.18. The van der Waals surface area contributed by atoms with Gasteiger partial charge in [-0.05, 0) is 48.7 Å². The number of carboxylic acid groups (broad SMARTS) is 1. The molecule has 0 aliphatic rings. The number of aliphatic hydroxyl groups excluding tert-OH is 1. The molecule has 0 saturated carbocycles. The second kappa shape index (κ2) is 5.84. The summed E-state index contributed by atoms with van der Waals surface area (Å²) >= 11 is 0. The van der Waals surface area contributed by atoms with Gasteiger partial charge in [-0.3, -0.25) is 4.98 Å². The van der Waals surface area contributed by atoms with Crippen LogP contribution in [0.2, 0.25) is 0 Å². The number of aryl methyl sites for hydroxylation is 1. The van der Waals surface area contributed by atoms with Crippen molar-refractivity contribution in [3.8, 4) is 11.3 Å². The van der Waals surface area contributed by atoms with Crippen LogP contribution in [-0.2, 0) is 0 Å². The molecule has 0 bridgehead atoms. The highest BCUT2D eigenvalue weighted by Crippen LogP contribution is 2.25. The van der Waals surface area contributed by atoms with Gasteiger partial charge in [0.05, 0.1) is 17.4 Å². The summed E-state index contributed by atoms with van der Waals surface area (Å²) in [5.74, 6) is -1.01. The summed E-state index contributed by atoms with van der Waals surface area (Å²) in [5.41, 5.74) is 3.20. The number of benzene rings is 1. The van der Waals surface area contributed by atoms with E-state index in [2.05, 4.69) is 4.98 Å². The molecule has 1 heterocycles. The Hall–Kier alpha value is -2.20. The van der Waals surface area contributed by atoms with Crippen molar-refractivity contribution in [3.63, 3.8) is 0 Å². The molecule has 1 aromatic carbocycles. The normalized spacial score (nSPS) is 12.2. The van der Waals surface area contributed by atoms with E-state index >= 15 is 0 Å². The molecular formula is C16H17NO3. The van der Waals surface area contributed by atoms with Crippen molar-refractivity contribution in [2.24, 2.45) is 0 Å². The molecular weight excluding hydrogens is 254 g/mol. The average molecular weight is 271 g/mol. The Bertz CT molecular complexity index is 620. The molecule has 2 aromatic rings. The summed E-state index contributed by atoms with van der Waals surface area (Å²) in [7, 11) is 0. The number of aliphatic hydroxyl groups is 1. The summed E-state index contributed by atoms with van der Waals surface area (Å²) < 4.78 is 0. The minimum Gasteiger partial charge on any atom is -0.478 e. The highest BCUT2D eigenvalue weighted by molar-refractivity contribution is 5.89. The van der Waals surface area contributed by atoms with E-state index in [0.717, 1.165) is 5.56 Å². The first-order valence-electron chi connectivity index (χ1n) is 6.50. The lowest BCUT2D eigenvalue weighted by Crippen LogP contribution is -2.02. The fourth-order valence-electron chi connectivity index (χ4n) is 1.99. The number of aromatic nitrogens is 1. The zero-order valence-corrected chi connectivity index (χ0v) is 11.5. The van der Waals surface area contributed by atoms with Gasteiger partial charge in [0.2, 0.25) is 0 Å². The van der Waals surface area contributed by atoms with Gasteiger partial charge in [0.15, 0.2) is 0 Å². The summed E-state index contributed by atoms with van der Waals surface area (Å²) in [4.78, 5) is 15.5. The van der Waals surface area contributed by atoms with Gasteiger partial charge in [-0.15, -0.1) is 0 Å². The summed E-state index contributed by atoms with van der Waals surface area (Å²) in [6.45, 7) is 3.79. The largest absolute Gasteiger partial charge is 0.478 e. The van der Waals surface area contributed by atoms with Crippen molar-refractivity contribution in [1.29, 1.82) is 0 Å². The Morgan fingerprint density at radius 3 is 2.60 bits per heavy atom. The van der Waals surface area contributed by atoms with Gasteiger partial charge in [0.25, 0.3) is 0 Å². The van der Waals surface area contributed by atoms with Gasteiger partial charge < -0.3 is 10.2 Å². The molecule has 0 fully saturated rings. The van der Waals surface area contributed by atoms with E-state index in [9.17, 15) is 15.0 Å². The van der Waals surface area contributed by atoms with Crippen LogP contribution in [0.1, 0.15) is 40.9 Å². The molecule has 2 N–H and O–H groups in total. The summed E-state index contributed by atoms with van der Waals surface area (Å²) in [5, 5.41) is 19.1. The number of pyridine rings is 1. The molecule has 104 valence electrons. The van der Waals surface area contributed by atoms with Crippen LogP contribution < -0.4 is 0 Å². The number of nitrogens with zero attached hydrogens (tertiary/aromatic N) is 1. The summed E-state index contributed by atoms with van der Waals surface area (Å²) in [6.07, 6.45) is 1.60. The van der Waals surface area contributed by atoms with E-state index in [1.54, 1.807) is 18.3 Å². The van der Waals surface area contributed by atoms with Crippen LogP contribution in [0.4, 0.5) is 0 Å². The number of carboxylic acids is 1. The zero-order chi connectivity index (χ0) is 14.7. The molecule has 1 atom stereocenters. The molecule has 0 amide bonds. The molecule has 4 nitrogen and oxygen atoms in total. The first-order valence-corrected chi connectivity index (χ1v) is 6.50. The molecule has 0 spiro atoms. The van der Waals surface area contributed by atoms with Crippen molar-refractivity contribution in [3.05, 3.63) is 53.2 Å². The van der Waals surface area contributed by atoms with E-state index in [-0.39, 0.29) is 5.56 Å². The lowest BCUT2D eigenvalue weighted by Gasteiger charge is -2.12. The maximum absolute atomic E-state index is 11.2. The van der Waals surface area contributed by atoms with Gasteiger partial charge in [-0.2, -0.15) is 0 Å². The van der Waals surface area contributed by atoms with E-state index in [4.69, 9.17) is 0 Å². The lowest BCUT2D eigenvalue weighted by molar-refractivity contribution is 0.0696. The maximum Gasteiger partial charge on any atom is 0.335 e. The van der Waals surface area contributed by atoms with Crippen molar-refractivity contribution in [2.75, 3.05) is 0 Å². The lowest BCUT2D eigenvalue weighted by atomic mass is 9.98. The molecule has 4 heteroatoms. The van der Waals surface area contributed by atoms with Gasteiger partial charge in [-0.25, -0.2) is 4.79 Å². The maximum atomic E-state index is 11.2. The van der Waals surface area contributed by atoms with Crippen LogP contribution >= 0.6 is 0 Å².